The van der Waals surface area contributed by atoms with E-state index in [2.05, 4.69) is 0 Å². The lowest BCUT2D eigenvalue weighted by Crippen LogP contribution is -2.46. The van der Waals surface area contributed by atoms with Crippen molar-refractivity contribution in [1.82, 2.24) is 4.90 Å². The summed E-state index contributed by atoms with van der Waals surface area (Å²) in [5.74, 6) is 0.0831. The first-order chi connectivity index (χ1) is 11.6. The van der Waals surface area contributed by atoms with Crippen molar-refractivity contribution in [2.75, 3.05) is 7.11 Å². The number of amides is 1. The van der Waals surface area contributed by atoms with Gasteiger partial charge < -0.3 is 14.6 Å². The van der Waals surface area contributed by atoms with Gasteiger partial charge in [-0.05, 0) is 42.9 Å². The van der Waals surface area contributed by atoms with Crippen LogP contribution in [0.3, 0.4) is 0 Å². The standard InChI is InChI=1S/C18H23NO5/c1-23-14-8-6-12(7-9-14)11-24-18(22)19-15-5-3-2-4-13(15)10-16(19)17(20)21/h6-9,13,15-16H,2-5,10-11H2,1H3,(H,20,21). The summed E-state index contributed by atoms with van der Waals surface area (Å²) in [6, 6.07) is 6.50. The number of rotatable bonds is 4. The molecule has 1 aromatic rings. The Hall–Kier alpha value is -2.24. The minimum atomic E-state index is -0.939. The number of aliphatic carboxylic acids is 1. The van der Waals surface area contributed by atoms with E-state index in [1.165, 1.54) is 4.90 Å². The number of carboxylic acid groups (broad SMARTS) is 1. The molecule has 6 nitrogen and oxygen atoms in total. The van der Waals surface area contributed by atoms with Gasteiger partial charge >= 0.3 is 12.1 Å². The normalized spacial score (nSPS) is 25.9. The third-order valence-corrected chi connectivity index (χ3v) is 5.11. The molecule has 0 spiro atoms. The van der Waals surface area contributed by atoms with Gasteiger partial charge in [0.15, 0.2) is 0 Å². The summed E-state index contributed by atoms with van der Waals surface area (Å²) < 4.78 is 10.5. The first-order valence-electron chi connectivity index (χ1n) is 8.41. The summed E-state index contributed by atoms with van der Waals surface area (Å²) in [4.78, 5) is 25.5. The maximum absolute atomic E-state index is 12.5. The third-order valence-electron chi connectivity index (χ3n) is 5.11. The summed E-state index contributed by atoms with van der Waals surface area (Å²) in [6.45, 7) is 0.128. The van der Waals surface area contributed by atoms with Crippen LogP contribution in [0, 0.1) is 5.92 Å². The molecule has 1 aliphatic heterocycles. The molecule has 1 N–H and O–H groups in total. The Morgan fingerprint density at radius 2 is 1.92 bits per heavy atom. The van der Waals surface area contributed by atoms with Gasteiger partial charge in [0, 0.05) is 6.04 Å². The molecule has 1 heterocycles. The Labute approximate surface area is 141 Å². The number of methoxy groups -OCH3 is 1. The molecule has 24 heavy (non-hydrogen) atoms. The highest BCUT2D eigenvalue weighted by Crippen LogP contribution is 2.40. The quantitative estimate of drug-likeness (QED) is 0.916. The van der Waals surface area contributed by atoms with Gasteiger partial charge in [-0.25, -0.2) is 9.59 Å². The Morgan fingerprint density at radius 3 is 2.58 bits per heavy atom. The highest BCUT2D eigenvalue weighted by molar-refractivity contribution is 5.81. The van der Waals surface area contributed by atoms with Crippen molar-refractivity contribution in [3.63, 3.8) is 0 Å². The van der Waals surface area contributed by atoms with Crippen molar-refractivity contribution in [2.45, 2.75) is 50.8 Å². The van der Waals surface area contributed by atoms with E-state index in [-0.39, 0.29) is 18.6 Å². The van der Waals surface area contributed by atoms with Gasteiger partial charge in [0.2, 0.25) is 0 Å². The third kappa shape index (κ3) is 3.32. The minimum absolute atomic E-state index is 0.00298. The number of likely N-dealkylation sites (tertiary alicyclic amines) is 1. The molecule has 130 valence electrons. The van der Waals surface area contributed by atoms with E-state index in [1.54, 1.807) is 19.2 Å². The first kappa shape index (κ1) is 16.6. The number of ether oxygens (including phenoxy) is 2. The van der Waals surface area contributed by atoms with E-state index in [0.29, 0.717) is 6.42 Å². The van der Waals surface area contributed by atoms with E-state index >= 15 is 0 Å². The summed E-state index contributed by atoms with van der Waals surface area (Å²) in [5, 5.41) is 9.46. The van der Waals surface area contributed by atoms with Crippen molar-refractivity contribution < 1.29 is 24.2 Å². The molecule has 1 saturated carbocycles. The number of carbonyl (C=O) groups excluding carboxylic acids is 1. The smallest absolute Gasteiger partial charge is 0.411 e. The van der Waals surface area contributed by atoms with Crippen LogP contribution in [-0.4, -0.2) is 41.3 Å². The van der Waals surface area contributed by atoms with Crippen LogP contribution in [0.5, 0.6) is 5.75 Å². The molecule has 2 aliphatic rings. The van der Waals surface area contributed by atoms with Crippen LogP contribution >= 0.6 is 0 Å². The number of carboxylic acids is 1. The Bertz CT molecular complexity index is 600. The van der Waals surface area contributed by atoms with Gasteiger partial charge in [0.25, 0.3) is 0 Å². The Balaban J connectivity index is 1.66. The molecular weight excluding hydrogens is 310 g/mol. The van der Waals surface area contributed by atoms with Crippen molar-refractivity contribution >= 4 is 12.1 Å². The van der Waals surface area contributed by atoms with Crippen LogP contribution in [-0.2, 0) is 16.1 Å². The highest BCUT2D eigenvalue weighted by atomic mass is 16.6. The Kier molecular flexibility index (Phi) is 4.92. The number of benzene rings is 1. The topological polar surface area (TPSA) is 76.1 Å². The van der Waals surface area contributed by atoms with Crippen LogP contribution in [0.1, 0.15) is 37.7 Å². The minimum Gasteiger partial charge on any atom is -0.497 e. The van der Waals surface area contributed by atoms with Gasteiger partial charge in [-0.3, -0.25) is 4.90 Å². The van der Waals surface area contributed by atoms with Gasteiger partial charge in [0.1, 0.15) is 18.4 Å². The summed E-state index contributed by atoms with van der Waals surface area (Å²) in [5.41, 5.74) is 0.843. The van der Waals surface area contributed by atoms with Gasteiger partial charge in [0.05, 0.1) is 7.11 Å². The lowest BCUT2D eigenvalue weighted by atomic mass is 9.85. The second kappa shape index (κ2) is 7.11. The number of hydrogen-bond donors (Lipinski definition) is 1. The molecular formula is C18H23NO5. The van der Waals surface area contributed by atoms with Gasteiger partial charge in [-0.2, -0.15) is 0 Å². The fraction of sp³-hybridized carbons (Fsp3) is 0.556. The van der Waals surface area contributed by atoms with E-state index in [0.717, 1.165) is 37.0 Å². The average molecular weight is 333 g/mol. The van der Waals surface area contributed by atoms with E-state index in [4.69, 9.17) is 9.47 Å². The molecule has 3 atom stereocenters. The van der Waals surface area contributed by atoms with Crippen molar-refractivity contribution in [3.8, 4) is 5.75 Å². The number of hydrogen-bond acceptors (Lipinski definition) is 4. The summed E-state index contributed by atoms with van der Waals surface area (Å²) >= 11 is 0. The van der Waals surface area contributed by atoms with Crippen molar-refractivity contribution in [2.24, 2.45) is 5.92 Å². The van der Waals surface area contributed by atoms with Crippen LogP contribution in [0.2, 0.25) is 0 Å². The SMILES string of the molecule is COc1ccc(COC(=O)N2C(C(=O)O)CC3CCCCC32)cc1. The molecule has 1 saturated heterocycles. The second-order valence-corrected chi connectivity index (χ2v) is 6.51. The molecule has 0 bridgehead atoms. The zero-order chi connectivity index (χ0) is 17.1. The highest BCUT2D eigenvalue weighted by Gasteiger charge is 2.48. The van der Waals surface area contributed by atoms with Crippen LogP contribution in [0.25, 0.3) is 0 Å². The average Bonchev–Trinajstić information content (AvgIpc) is 3.00. The zero-order valence-electron chi connectivity index (χ0n) is 13.8. The fourth-order valence-corrected chi connectivity index (χ4v) is 3.88. The molecule has 1 amide bonds. The lowest BCUT2D eigenvalue weighted by Gasteiger charge is -2.32. The largest absolute Gasteiger partial charge is 0.497 e. The molecule has 3 unspecified atom stereocenters. The maximum Gasteiger partial charge on any atom is 0.411 e. The van der Waals surface area contributed by atoms with Crippen LogP contribution in [0.15, 0.2) is 24.3 Å². The molecule has 6 heteroatoms. The van der Waals surface area contributed by atoms with E-state index in [9.17, 15) is 14.7 Å². The fourth-order valence-electron chi connectivity index (χ4n) is 3.88. The summed E-state index contributed by atoms with van der Waals surface area (Å²) in [7, 11) is 1.59. The predicted octanol–water partition coefficient (Wildman–Crippen LogP) is 3.05. The van der Waals surface area contributed by atoms with Gasteiger partial charge in [-0.1, -0.05) is 25.0 Å². The lowest BCUT2D eigenvalue weighted by molar-refractivity contribution is -0.142. The zero-order valence-corrected chi connectivity index (χ0v) is 13.8. The number of carbonyl (C=O) groups is 2. The number of fused-ring (bicyclic) bond motifs is 1. The molecule has 1 aliphatic carbocycles. The van der Waals surface area contributed by atoms with Gasteiger partial charge in [-0.15, -0.1) is 0 Å². The maximum atomic E-state index is 12.5. The molecule has 3 rings (SSSR count). The summed E-state index contributed by atoms with van der Waals surface area (Å²) in [6.07, 6.45) is 4.03. The van der Waals surface area contributed by atoms with Crippen LogP contribution in [0.4, 0.5) is 4.79 Å². The molecule has 1 aromatic carbocycles. The van der Waals surface area contributed by atoms with E-state index in [1.807, 2.05) is 12.1 Å². The van der Waals surface area contributed by atoms with Crippen LogP contribution < -0.4 is 4.74 Å². The first-order valence-corrected chi connectivity index (χ1v) is 8.41. The number of nitrogens with zero attached hydrogens (tertiary/aromatic N) is 1. The molecule has 2 fully saturated rings. The molecule has 0 radical (unpaired) electrons. The van der Waals surface area contributed by atoms with Crippen molar-refractivity contribution in [1.29, 1.82) is 0 Å². The second-order valence-electron chi connectivity index (χ2n) is 6.51. The molecule has 0 aromatic heterocycles. The predicted molar refractivity (Wildman–Crippen MR) is 86.8 cm³/mol. The van der Waals surface area contributed by atoms with E-state index < -0.39 is 18.1 Å². The Morgan fingerprint density at radius 1 is 1.21 bits per heavy atom. The monoisotopic (exact) mass is 333 g/mol. The van der Waals surface area contributed by atoms with Crippen molar-refractivity contribution in [3.05, 3.63) is 29.8 Å².